The maximum absolute atomic E-state index is 3.28. The van der Waals surface area contributed by atoms with Crippen LogP contribution in [-0.2, 0) is 0 Å². The summed E-state index contributed by atoms with van der Waals surface area (Å²) >= 11 is 0. The summed E-state index contributed by atoms with van der Waals surface area (Å²) in [4.78, 5) is 0. The SMILES string of the molecule is C1CCNCC1.[PbH2]. The molecule has 0 saturated carbocycles. The van der Waals surface area contributed by atoms with Crippen LogP contribution in [0.15, 0.2) is 0 Å². The number of nitrogens with one attached hydrogen (secondary N) is 1. The summed E-state index contributed by atoms with van der Waals surface area (Å²) in [6, 6.07) is 0. The zero-order chi connectivity index (χ0) is 4.24. The van der Waals surface area contributed by atoms with Crippen molar-refractivity contribution in [1.82, 2.24) is 5.32 Å². The van der Waals surface area contributed by atoms with Crippen LogP contribution in [0.3, 0.4) is 0 Å². The van der Waals surface area contributed by atoms with E-state index in [0.29, 0.717) is 0 Å². The molecule has 0 aromatic heterocycles. The quantitative estimate of drug-likeness (QED) is 0.613. The normalized spacial score (nSPS) is 20.6. The van der Waals surface area contributed by atoms with E-state index in [0.717, 1.165) is 0 Å². The summed E-state index contributed by atoms with van der Waals surface area (Å²) in [5.74, 6) is 0. The van der Waals surface area contributed by atoms with Gasteiger partial charge in [0.2, 0.25) is 0 Å². The molecule has 1 aliphatic heterocycles. The fourth-order valence-corrected chi connectivity index (χ4v) is 0.802. The van der Waals surface area contributed by atoms with Gasteiger partial charge >= 0.3 is 27.3 Å². The summed E-state index contributed by atoms with van der Waals surface area (Å²) < 4.78 is 0. The molecule has 0 bridgehead atoms. The molecule has 1 fully saturated rings. The van der Waals surface area contributed by atoms with Crippen molar-refractivity contribution < 1.29 is 0 Å². The molecule has 1 saturated heterocycles. The van der Waals surface area contributed by atoms with E-state index in [-0.39, 0.29) is 27.3 Å². The van der Waals surface area contributed by atoms with E-state index < -0.39 is 0 Å². The van der Waals surface area contributed by atoms with Crippen molar-refractivity contribution in [3.05, 3.63) is 0 Å². The van der Waals surface area contributed by atoms with Gasteiger partial charge in [0, 0.05) is 0 Å². The van der Waals surface area contributed by atoms with Gasteiger partial charge in [-0.05, 0) is 25.9 Å². The third-order valence-electron chi connectivity index (χ3n) is 1.21. The first kappa shape index (κ1) is 7.88. The molecule has 0 unspecified atom stereocenters. The summed E-state index contributed by atoms with van der Waals surface area (Å²) in [5, 5.41) is 3.28. The molecule has 0 spiro atoms. The molecule has 1 aliphatic rings. The van der Waals surface area contributed by atoms with Crippen molar-refractivity contribution in [3.8, 4) is 0 Å². The van der Waals surface area contributed by atoms with E-state index in [1.54, 1.807) is 0 Å². The second-order valence-electron chi connectivity index (χ2n) is 1.81. The zero-order valence-corrected chi connectivity index (χ0v) is 10.2. The Hall–Kier alpha value is 0.882. The number of rotatable bonds is 0. The number of piperidine rings is 1. The van der Waals surface area contributed by atoms with Crippen molar-refractivity contribution in [1.29, 1.82) is 0 Å². The van der Waals surface area contributed by atoms with Crippen molar-refractivity contribution in [2.75, 3.05) is 13.1 Å². The molecule has 7 heavy (non-hydrogen) atoms. The molecular formula is C5H13NPb. The number of hydrogen-bond donors (Lipinski definition) is 1. The Morgan fingerprint density at radius 1 is 0.857 bits per heavy atom. The predicted molar refractivity (Wildman–Crippen MR) is 35.3 cm³/mol. The van der Waals surface area contributed by atoms with Gasteiger partial charge in [-0.2, -0.15) is 0 Å². The van der Waals surface area contributed by atoms with Gasteiger partial charge in [-0.15, -0.1) is 0 Å². The third-order valence-corrected chi connectivity index (χ3v) is 1.21. The predicted octanol–water partition coefficient (Wildman–Crippen LogP) is -0.156. The van der Waals surface area contributed by atoms with Crippen molar-refractivity contribution in [2.45, 2.75) is 19.3 Å². The Labute approximate surface area is 65.0 Å². The standard InChI is InChI=1S/C5H11N.Pb.2H/c1-2-4-6-5-3-1;;;/h6H,1-5H2;;;. The van der Waals surface area contributed by atoms with Crippen LogP contribution in [0, 0.1) is 0 Å². The molecule has 42 valence electrons. The Morgan fingerprint density at radius 3 is 1.57 bits per heavy atom. The van der Waals surface area contributed by atoms with Gasteiger partial charge in [-0.25, -0.2) is 0 Å². The average molecular weight is 294 g/mol. The number of hydrogen-bond acceptors (Lipinski definition) is 1. The van der Waals surface area contributed by atoms with E-state index in [4.69, 9.17) is 0 Å². The van der Waals surface area contributed by atoms with Gasteiger partial charge in [-0.3, -0.25) is 0 Å². The second-order valence-corrected chi connectivity index (χ2v) is 1.81. The molecule has 1 N–H and O–H groups in total. The summed E-state index contributed by atoms with van der Waals surface area (Å²) in [5.41, 5.74) is 0. The van der Waals surface area contributed by atoms with Crippen LogP contribution < -0.4 is 5.32 Å². The minimum atomic E-state index is 0. The van der Waals surface area contributed by atoms with E-state index in [9.17, 15) is 0 Å². The zero-order valence-electron chi connectivity index (χ0n) is 4.74. The van der Waals surface area contributed by atoms with Crippen molar-refractivity contribution >= 4 is 27.3 Å². The molecule has 2 radical (unpaired) electrons. The second kappa shape index (κ2) is 5.03. The fourth-order valence-electron chi connectivity index (χ4n) is 0.802. The van der Waals surface area contributed by atoms with Gasteiger partial charge < -0.3 is 5.32 Å². The van der Waals surface area contributed by atoms with Crippen LogP contribution in [0.25, 0.3) is 0 Å². The molecule has 1 nitrogen and oxygen atoms in total. The van der Waals surface area contributed by atoms with E-state index >= 15 is 0 Å². The van der Waals surface area contributed by atoms with Gasteiger partial charge in [0.05, 0.1) is 0 Å². The van der Waals surface area contributed by atoms with Crippen LogP contribution in [-0.4, -0.2) is 40.4 Å². The molecule has 0 aromatic rings. The van der Waals surface area contributed by atoms with E-state index in [1.807, 2.05) is 0 Å². The first-order chi connectivity index (χ1) is 3.00. The van der Waals surface area contributed by atoms with Crippen molar-refractivity contribution in [2.24, 2.45) is 0 Å². The Bertz CT molecular complexity index is 23.6. The maximum atomic E-state index is 3.28. The third kappa shape index (κ3) is 3.46. The first-order valence-electron chi connectivity index (χ1n) is 2.71. The first-order valence-corrected chi connectivity index (χ1v) is 2.71. The van der Waals surface area contributed by atoms with Gasteiger partial charge in [0.25, 0.3) is 0 Å². The molecule has 0 aliphatic carbocycles. The molecule has 0 aromatic carbocycles. The summed E-state index contributed by atoms with van der Waals surface area (Å²) in [6.07, 6.45) is 4.22. The van der Waals surface area contributed by atoms with Crippen molar-refractivity contribution in [3.63, 3.8) is 0 Å². The van der Waals surface area contributed by atoms with Crippen LogP contribution in [0.4, 0.5) is 0 Å². The Kier molecular flexibility index (Phi) is 5.66. The van der Waals surface area contributed by atoms with Crippen LogP contribution in [0.2, 0.25) is 0 Å². The Morgan fingerprint density at radius 2 is 1.43 bits per heavy atom. The molecule has 2 heteroatoms. The van der Waals surface area contributed by atoms with E-state index in [1.165, 1.54) is 32.4 Å². The molecular weight excluding hydrogens is 281 g/mol. The topological polar surface area (TPSA) is 12.0 Å². The van der Waals surface area contributed by atoms with Crippen LogP contribution in [0.1, 0.15) is 19.3 Å². The monoisotopic (exact) mass is 295 g/mol. The van der Waals surface area contributed by atoms with E-state index in [2.05, 4.69) is 5.32 Å². The summed E-state index contributed by atoms with van der Waals surface area (Å²) in [6.45, 7) is 2.50. The van der Waals surface area contributed by atoms with Gasteiger partial charge in [0.1, 0.15) is 0 Å². The van der Waals surface area contributed by atoms with Gasteiger partial charge in [0.15, 0.2) is 0 Å². The van der Waals surface area contributed by atoms with Crippen LogP contribution >= 0.6 is 0 Å². The molecule has 1 heterocycles. The summed E-state index contributed by atoms with van der Waals surface area (Å²) in [7, 11) is 0. The Balaban J connectivity index is 0.000000360. The fraction of sp³-hybridized carbons (Fsp3) is 1.00. The molecule has 0 amide bonds. The molecule has 0 atom stereocenters. The van der Waals surface area contributed by atoms with Gasteiger partial charge in [-0.1, -0.05) is 6.42 Å². The van der Waals surface area contributed by atoms with Crippen LogP contribution in [0.5, 0.6) is 0 Å². The molecule has 1 rings (SSSR count). The average Bonchev–Trinajstić information content (AvgIpc) is 1.72. The minimum absolute atomic E-state index is 0.